The largest absolute Gasteiger partial charge is 0.352 e. The van der Waals surface area contributed by atoms with Crippen molar-refractivity contribution < 1.29 is 18.0 Å². The van der Waals surface area contributed by atoms with Gasteiger partial charge in [0.2, 0.25) is 11.8 Å². The molecule has 0 heterocycles. The van der Waals surface area contributed by atoms with Gasteiger partial charge in [0.05, 0.1) is 15.6 Å². The summed E-state index contributed by atoms with van der Waals surface area (Å²) >= 11 is 25.9. The Morgan fingerprint density at radius 2 is 1.41 bits per heavy atom. The zero-order valence-electron chi connectivity index (χ0n) is 25.2. The number of anilines is 1. The van der Waals surface area contributed by atoms with E-state index in [1.54, 1.807) is 36.4 Å². The number of nitrogens with one attached hydrogen (secondary N) is 1. The van der Waals surface area contributed by atoms with Gasteiger partial charge < -0.3 is 10.2 Å². The number of hydrogen-bond acceptors (Lipinski definition) is 4. The number of carbonyl (C=O) groups is 2. The summed E-state index contributed by atoms with van der Waals surface area (Å²) in [6.07, 6.45) is 0.796. The van der Waals surface area contributed by atoms with Crippen LogP contribution in [0, 0.1) is 0 Å². The molecule has 7 nitrogen and oxygen atoms in total. The molecule has 12 heteroatoms. The number of halogens is 4. The van der Waals surface area contributed by atoms with E-state index >= 15 is 0 Å². The lowest BCUT2D eigenvalue weighted by Crippen LogP contribution is -2.54. The van der Waals surface area contributed by atoms with Crippen LogP contribution in [0.2, 0.25) is 20.1 Å². The van der Waals surface area contributed by atoms with Gasteiger partial charge >= 0.3 is 0 Å². The number of sulfonamides is 1. The Labute approximate surface area is 290 Å². The zero-order valence-corrected chi connectivity index (χ0v) is 29.0. The lowest BCUT2D eigenvalue weighted by molar-refractivity contribution is -0.140. The van der Waals surface area contributed by atoms with Crippen LogP contribution in [0.3, 0.4) is 0 Å². The molecule has 4 aromatic carbocycles. The molecule has 0 bridgehead atoms. The van der Waals surface area contributed by atoms with Gasteiger partial charge in [0, 0.05) is 39.6 Å². The topological polar surface area (TPSA) is 86.8 Å². The molecular formula is C34H33Cl4N3O4S. The Morgan fingerprint density at radius 1 is 0.804 bits per heavy atom. The number of amides is 2. The summed E-state index contributed by atoms with van der Waals surface area (Å²) in [6, 6.07) is 25.0. The molecule has 0 aliphatic heterocycles. The fourth-order valence-electron chi connectivity index (χ4n) is 4.76. The molecule has 0 spiro atoms. The van der Waals surface area contributed by atoms with Gasteiger partial charge in [0.25, 0.3) is 10.0 Å². The van der Waals surface area contributed by atoms with Gasteiger partial charge in [-0.2, -0.15) is 0 Å². The highest BCUT2D eigenvalue weighted by atomic mass is 35.5. The summed E-state index contributed by atoms with van der Waals surface area (Å²) in [5, 5.41) is 3.85. The highest BCUT2D eigenvalue weighted by molar-refractivity contribution is 7.92. The maximum atomic E-state index is 14.6. The lowest BCUT2D eigenvalue weighted by Gasteiger charge is -2.34. The molecule has 4 rings (SSSR count). The maximum absolute atomic E-state index is 14.6. The van der Waals surface area contributed by atoms with E-state index < -0.39 is 34.4 Å². The van der Waals surface area contributed by atoms with E-state index in [2.05, 4.69) is 5.32 Å². The van der Waals surface area contributed by atoms with Crippen LogP contribution < -0.4 is 9.62 Å². The standard InChI is InChI=1S/C34H33Cl4N3O4S/c1-3-23(2)39-34(43)32(19-24-11-6-4-7-12-24)40(21-27-28(36)15-10-16-29(27)37)33(42)22-41(31-20-25(35)17-18-30(31)38)46(44,45)26-13-8-5-9-14-26/h4-18,20,23,32H,3,19,21-22H2,1-2H3,(H,39,43)/t23-,32+/m1/s1. The van der Waals surface area contributed by atoms with E-state index in [-0.39, 0.29) is 49.7 Å². The zero-order chi connectivity index (χ0) is 33.4. The summed E-state index contributed by atoms with van der Waals surface area (Å²) in [5.74, 6) is -1.10. The van der Waals surface area contributed by atoms with Crippen molar-refractivity contribution in [3.63, 3.8) is 0 Å². The predicted octanol–water partition coefficient (Wildman–Crippen LogP) is 8.05. The first kappa shape index (κ1) is 35.6. The highest BCUT2D eigenvalue weighted by Crippen LogP contribution is 2.34. The number of benzene rings is 4. The molecule has 0 radical (unpaired) electrons. The minimum Gasteiger partial charge on any atom is -0.352 e. The molecule has 0 saturated heterocycles. The van der Waals surface area contributed by atoms with Crippen molar-refractivity contribution in [2.45, 2.75) is 50.2 Å². The summed E-state index contributed by atoms with van der Waals surface area (Å²) in [6.45, 7) is 2.92. The van der Waals surface area contributed by atoms with E-state index in [9.17, 15) is 18.0 Å². The van der Waals surface area contributed by atoms with Crippen molar-refractivity contribution in [3.05, 3.63) is 128 Å². The molecule has 0 aliphatic carbocycles. The van der Waals surface area contributed by atoms with Gasteiger partial charge in [-0.1, -0.05) is 108 Å². The quantitative estimate of drug-likeness (QED) is 0.152. The third-order valence-electron chi connectivity index (χ3n) is 7.45. The smallest absolute Gasteiger partial charge is 0.264 e. The first-order valence-electron chi connectivity index (χ1n) is 14.5. The number of carbonyl (C=O) groups excluding carboxylic acids is 2. The van der Waals surface area contributed by atoms with Crippen molar-refractivity contribution in [1.82, 2.24) is 10.2 Å². The van der Waals surface area contributed by atoms with Gasteiger partial charge in [-0.05, 0) is 61.4 Å². The minimum absolute atomic E-state index is 0.00533. The molecular weight excluding hydrogens is 688 g/mol. The predicted molar refractivity (Wildman–Crippen MR) is 186 cm³/mol. The molecule has 2 amide bonds. The van der Waals surface area contributed by atoms with E-state index in [0.717, 1.165) is 9.87 Å². The fourth-order valence-corrected chi connectivity index (χ4v) is 7.16. The number of hydrogen-bond donors (Lipinski definition) is 1. The molecule has 242 valence electrons. The molecule has 0 fully saturated rings. The van der Waals surface area contributed by atoms with Gasteiger partial charge in [-0.15, -0.1) is 0 Å². The molecule has 4 aromatic rings. The molecule has 46 heavy (non-hydrogen) atoms. The Balaban J connectivity index is 1.87. The first-order valence-corrected chi connectivity index (χ1v) is 17.5. The Kier molecular flexibility index (Phi) is 12.4. The maximum Gasteiger partial charge on any atom is 0.264 e. The third kappa shape index (κ3) is 8.75. The van der Waals surface area contributed by atoms with E-state index in [0.29, 0.717) is 12.0 Å². The van der Waals surface area contributed by atoms with Crippen LogP contribution in [0.4, 0.5) is 5.69 Å². The average Bonchev–Trinajstić information content (AvgIpc) is 3.04. The first-order chi connectivity index (χ1) is 21.9. The molecule has 0 aromatic heterocycles. The minimum atomic E-state index is -4.35. The van der Waals surface area contributed by atoms with Crippen LogP contribution in [0.1, 0.15) is 31.4 Å². The van der Waals surface area contributed by atoms with Crippen molar-refractivity contribution in [1.29, 1.82) is 0 Å². The number of rotatable bonds is 13. The van der Waals surface area contributed by atoms with Gasteiger partial charge in [0.1, 0.15) is 12.6 Å². The fraction of sp³-hybridized carbons (Fsp3) is 0.235. The summed E-state index contributed by atoms with van der Waals surface area (Å²) in [7, 11) is -4.35. The van der Waals surface area contributed by atoms with Crippen LogP contribution in [0.25, 0.3) is 0 Å². The monoisotopic (exact) mass is 719 g/mol. The van der Waals surface area contributed by atoms with Crippen molar-refractivity contribution >= 4 is 73.9 Å². The highest BCUT2D eigenvalue weighted by Gasteiger charge is 2.36. The molecule has 1 N–H and O–H groups in total. The van der Waals surface area contributed by atoms with Crippen molar-refractivity contribution in [2.75, 3.05) is 10.8 Å². The summed E-state index contributed by atoms with van der Waals surface area (Å²) in [4.78, 5) is 29.8. The molecule has 2 atom stereocenters. The Bertz CT molecular complexity index is 1760. The third-order valence-corrected chi connectivity index (χ3v) is 10.5. The number of nitrogens with zero attached hydrogens (tertiary/aromatic N) is 2. The Hall–Kier alpha value is -3.27. The van der Waals surface area contributed by atoms with Crippen LogP contribution in [0.5, 0.6) is 0 Å². The SMILES string of the molecule is CC[C@@H](C)NC(=O)[C@H](Cc1ccccc1)N(Cc1c(Cl)cccc1Cl)C(=O)CN(c1cc(Cl)ccc1Cl)S(=O)(=O)c1ccccc1. The second kappa shape index (κ2) is 16.0. The second-order valence-electron chi connectivity index (χ2n) is 10.7. The summed E-state index contributed by atoms with van der Waals surface area (Å²) < 4.78 is 29.2. The van der Waals surface area contributed by atoms with Crippen LogP contribution in [-0.4, -0.2) is 43.8 Å². The van der Waals surface area contributed by atoms with Gasteiger partial charge in [-0.25, -0.2) is 8.42 Å². The van der Waals surface area contributed by atoms with Crippen LogP contribution in [0.15, 0.2) is 102 Å². The lowest BCUT2D eigenvalue weighted by atomic mass is 10.0. The van der Waals surface area contributed by atoms with E-state index in [1.807, 2.05) is 44.2 Å². The Morgan fingerprint density at radius 3 is 2.02 bits per heavy atom. The van der Waals surface area contributed by atoms with Crippen LogP contribution in [-0.2, 0) is 32.6 Å². The summed E-state index contributed by atoms with van der Waals surface area (Å²) in [5.41, 5.74) is 1.21. The van der Waals surface area contributed by atoms with Crippen molar-refractivity contribution in [2.24, 2.45) is 0 Å². The van der Waals surface area contributed by atoms with Gasteiger partial charge in [0.15, 0.2) is 0 Å². The molecule has 0 saturated carbocycles. The average molecular weight is 722 g/mol. The normalized spacial score (nSPS) is 12.7. The van der Waals surface area contributed by atoms with E-state index in [4.69, 9.17) is 46.4 Å². The second-order valence-corrected chi connectivity index (χ2v) is 14.2. The van der Waals surface area contributed by atoms with Crippen LogP contribution >= 0.6 is 46.4 Å². The molecule has 0 aliphatic rings. The van der Waals surface area contributed by atoms with Crippen molar-refractivity contribution in [3.8, 4) is 0 Å². The van der Waals surface area contributed by atoms with E-state index in [1.165, 1.54) is 35.2 Å². The van der Waals surface area contributed by atoms with Gasteiger partial charge in [-0.3, -0.25) is 13.9 Å². The molecule has 0 unspecified atom stereocenters.